The van der Waals surface area contributed by atoms with Crippen molar-refractivity contribution >= 4 is 130 Å². The summed E-state index contributed by atoms with van der Waals surface area (Å²) in [5.74, 6) is 0. The minimum absolute atomic E-state index is 0. The standard InChI is InChI=1S/C14H29NOSi.C11H27NOSi2.C11H23NOSi.C10H17NO.C8H21NOSi2.C7H17NOSi.C7H15NOSi.C6H15NOSi.C5H13NOSi.9Co/c1-8-13(15-12(5)6)14(7,16)17(9-2,10-3)11-4;1-7-15(8-2,9-3)11(13)10(12)14(4,5)6;1-8-10(12-9(2)3)11(4,13)14(5,6)7;1-6-9(11-8(3)4)10(5,12)7-2;1-11(2,3)7(9)8(10)12(4,5)6;2*1-5-6(9)7(8)10(2,3)4;1-5(8)6(7)9(2,3)4;1-8(2,3)5(6)4-7;;;;;;;;;/h8,12,16H,1,9-11H2,2-7H3;11-13H,7-9H2,1-6H3;8-9,13H,1H2,2-7H3;6-8,12H,1-2H2,3-5H3;8-10H,1-6H3;6,8-9H,5H2,1-4H3;5-6,8-9H,1H2,2-4H3;5,7-8H,1-4H3;6-7H,4H2,1-3H3;;;;;;;;;. The summed E-state index contributed by atoms with van der Waals surface area (Å²) in [6, 6.07) is 7.08. The van der Waals surface area contributed by atoms with Gasteiger partial charge in [-0.2, -0.15) is 0 Å². The maximum absolute atomic E-state index is 11.0. The van der Waals surface area contributed by atoms with Crippen molar-refractivity contribution in [3.63, 3.8) is 0 Å². The van der Waals surface area contributed by atoms with Crippen molar-refractivity contribution in [3.8, 4) is 0 Å². The number of hydrogen-bond donors (Lipinski definition) is 15. The van der Waals surface area contributed by atoms with Crippen LogP contribution in [0.5, 0.6) is 0 Å². The van der Waals surface area contributed by atoms with Crippen LogP contribution in [0.4, 0.5) is 0 Å². The van der Waals surface area contributed by atoms with E-state index in [9.17, 15) is 30.6 Å². The summed E-state index contributed by atoms with van der Waals surface area (Å²) in [5.41, 5.74) is 0.170. The van der Waals surface area contributed by atoms with Gasteiger partial charge < -0.3 is 78.4 Å². The number of aliphatic hydroxyl groups is 9. The molecule has 0 spiro atoms. The molecule has 116 heavy (non-hydrogen) atoms. The molecule has 0 aromatic rings. The summed E-state index contributed by atoms with van der Waals surface area (Å²) >= 11 is 0. The first-order valence-electron chi connectivity index (χ1n) is 38.9. The van der Waals surface area contributed by atoms with Gasteiger partial charge in [0, 0.05) is 201 Å². The number of aliphatic hydroxyl groups excluding tert-OH is 6. The zero-order valence-corrected chi connectivity index (χ0v) is 99.4. The molecule has 0 aliphatic rings. The first-order chi connectivity index (χ1) is 47.3. The maximum Gasteiger partial charge on any atom is 0.121 e. The van der Waals surface area contributed by atoms with E-state index in [-0.39, 0.29) is 176 Å². The van der Waals surface area contributed by atoms with Crippen LogP contribution in [0.1, 0.15) is 124 Å². The third kappa shape index (κ3) is 67.4. The molecule has 0 fully saturated rings. The van der Waals surface area contributed by atoms with Crippen molar-refractivity contribution in [2.75, 3.05) is 6.61 Å². The molecule has 0 bridgehead atoms. The van der Waals surface area contributed by atoms with Gasteiger partial charge in [-0.05, 0) is 93.9 Å². The molecular formula is C79H177Co9N9O9Si10. The second kappa shape index (κ2) is 72.9. The van der Waals surface area contributed by atoms with E-state index in [2.05, 4.69) is 207 Å². The second-order valence-corrected chi connectivity index (χ2v) is 89.7. The Morgan fingerprint density at radius 2 is 0.629 bits per heavy atom. The Morgan fingerprint density at radius 1 is 0.371 bits per heavy atom. The Labute approximate surface area is 816 Å². The van der Waals surface area contributed by atoms with Crippen molar-refractivity contribution in [2.24, 2.45) is 15.0 Å². The Hall–Kier alpha value is 2.10. The first kappa shape index (κ1) is 162. The van der Waals surface area contributed by atoms with Gasteiger partial charge in [0.2, 0.25) is 0 Å². The predicted octanol–water partition coefficient (Wildman–Crippen LogP) is 19.0. The molecule has 0 heterocycles. The van der Waals surface area contributed by atoms with Crippen molar-refractivity contribution < 1.29 is 197 Å². The van der Waals surface area contributed by atoms with Gasteiger partial charge in [0.15, 0.2) is 0 Å². The number of rotatable bonds is 34. The summed E-state index contributed by atoms with van der Waals surface area (Å²) < 4.78 is 0. The molecule has 0 saturated heterocycles. The average Bonchev–Trinajstić information content (AvgIpc) is 0.783. The van der Waals surface area contributed by atoms with Crippen LogP contribution in [-0.4, -0.2) is 246 Å². The Balaban J connectivity index is -0.0000000581. The Morgan fingerprint density at radius 3 is 0.759 bits per heavy atom. The van der Waals surface area contributed by atoms with Crippen LogP contribution in [0.25, 0.3) is 0 Å². The zero-order chi connectivity index (χ0) is 88.6. The molecule has 0 aliphatic heterocycles. The van der Waals surface area contributed by atoms with Gasteiger partial charge >= 0.3 is 0 Å². The molecule has 15 N–H and O–H groups in total. The molecule has 0 aliphatic carbocycles. The zero-order valence-electron chi connectivity index (χ0n) is 80.1. The van der Waals surface area contributed by atoms with Crippen molar-refractivity contribution in [2.45, 2.75) is 381 Å². The molecule has 0 amide bonds. The van der Waals surface area contributed by atoms with E-state index in [0.29, 0.717) is 44.1 Å². The molecule has 0 rings (SSSR count). The quantitative estimate of drug-likeness (QED) is 0.0165. The van der Waals surface area contributed by atoms with E-state index in [0.717, 1.165) is 47.7 Å². The number of hydrogen-bond acceptors (Lipinski definition) is 18. The fraction of sp³-hybridized carbons (Fsp3) is 0.759. The number of aliphatic imine (C=N–C) groups is 3. The SMILES string of the molecule is C=CC(=NC(C)C)C(C)(O)C=C.C=CC(=NC(C)C)C(C)(O)[Si](C)(C)C.C=CC(=NC(C)C)C(C)(O)[Si](CC)(CC)CC.C=CC(O)C(=N)[Si](C)(C)C.CC(O)C(=N)[Si](C)(C)C.CCC(O)C(=N)[Si](C)(C)C.CC[Si](CC)(CC)C(O)C(=N)[Si](C)(C)C.C[Si](C)(C)C(=N)C(O)[Si](C)(C)C.C[Si](C)(C)C(=N)CO.[Co].[Co].[Co].[Co].[Co].[Co].[Co].[Co].[Co]. The summed E-state index contributed by atoms with van der Waals surface area (Å²) in [4.78, 5) is 13.2. The molecule has 37 heteroatoms. The van der Waals surface area contributed by atoms with Gasteiger partial charge in [-0.25, -0.2) is 0 Å². The minimum Gasteiger partial charge on any atom is -0.391 e. The van der Waals surface area contributed by atoms with Crippen molar-refractivity contribution in [1.82, 2.24) is 0 Å². The van der Waals surface area contributed by atoms with Crippen molar-refractivity contribution in [1.29, 1.82) is 32.5 Å². The largest absolute Gasteiger partial charge is 0.391 e. The van der Waals surface area contributed by atoms with Gasteiger partial charge in [-0.15, -0.1) is 6.58 Å². The Kier molecular flexibility index (Phi) is 102. The minimum atomic E-state index is -1.74. The van der Waals surface area contributed by atoms with Crippen LogP contribution in [0, 0.1) is 32.5 Å². The van der Waals surface area contributed by atoms with E-state index in [1.807, 2.05) is 102 Å². The van der Waals surface area contributed by atoms with E-state index in [1.54, 1.807) is 32.1 Å². The number of nitrogens with zero attached hydrogens (tertiary/aromatic N) is 3. The van der Waals surface area contributed by atoms with E-state index in [1.165, 1.54) is 12.2 Å². The third-order valence-corrected chi connectivity index (χ3v) is 48.4. The van der Waals surface area contributed by atoms with Gasteiger partial charge in [0.25, 0.3) is 0 Å². The van der Waals surface area contributed by atoms with Crippen LogP contribution in [0.2, 0.25) is 193 Å². The second-order valence-electron chi connectivity index (χ2n) is 37.6. The molecule has 0 aromatic carbocycles. The van der Waals surface area contributed by atoms with Crippen LogP contribution in [-0.2, 0) is 151 Å². The fourth-order valence-corrected chi connectivity index (χ4v) is 29.3. The van der Waals surface area contributed by atoms with Gasteiger partial charge in [-0.3, -0.25) is 15.0 Å². The molecule has 0 saturated carbocycles. The van der Waals surface area contributed by atoms with Gasteiger partial charge in [-0.1, -0.05) is 280 Å². The van der Waals surface area contributed by atoms with Crippen LogP contribution < -0.4 is 0 Å². The van der Waals surface area contributed by atoms with Crippen LogP contribution in [0.15, 0.2) is 78.3 Å². The molecule has 9 radical (unpaired) electrons. The average molecular weight is 2210 g/mol. The molecule has 18 nitrogen and oxygen atoms in total. The smallest absolute Gasteiger partial charge is 0.121 e. The van der Waals surface area contributed by atoms with Crippen LogP contribution >= 0.6 is 0 Å². The van der Waals surface area contributed by atoms with Gasteiger partial charge in [0.05, 0.1) is 139 Å². The monoisotopic (exact) mass is 2210 g/mol. The molecule has 8 atom stereocenters. The van der Waals surface area contributed by atoms with Crippen molar-refractivity contribution in [3.05, 3.63) is 63.3 Å². The predicted molar refractivity (Wildman–Crippen MR) is 511 cm³/mol. The Bertz CT molecular complexity index is 2790. The summed E-state index contributed by atoms with van der Waals surface area (Å²) in [5, 5.41) is 135. The van der Waals surface area contributed by atoms with E-state index in [4.69, 9.17) is 47.8 Å². The summed E-state index contributed by atoms with van der Waals surface area (Å²) in [6.45, 7) is 102. The number of nitrogens with one attached hydrogen (secondary N) is 6. The molecule has 0 aromatic heterocycles. The summed E-state index contributed by atoms with van der Waals surface area (Å²) in [7, 11) is -15.8. The van der Waals surface area contributed by atoms with E-state index < -0.39 is 127 Å². The topological polar surface area (TPSA) is 362 Å². The fourth-order valence-electron chi connectivity index (χ4n) is 9.54. The van der Waals surface area contributed by atoms with E-state index >= 15 is 0 Å². The van der Waals surface area contributed by atoms with Gasteiger partial charge in [0.1, 0.15) is 11.7 Å². The first-order valence-corrected chi connectivity index (χ1v) is 72.3. The summed E-state index contributed by atoms with van der Waals surface area (Å²) in [6.07, 6.45) is 6.73. The molecule has 713 valence electrons. The normalized spacial score (nSPS) is 14.6. The molecular weight excluding hydrogens is 2030 g/mol. The maximum atomic E-state index is 11.0. The van der Waals surface area contributed by atoms with Crippen LogP contribution in [0.3, 0.4) is 0 Å². The third-order valence-electron chi connectivity index (χ3n) is 19.0. The molecule has 8 unspecified atom stereocenters.